The van der Waals surface area contributed by atoms with E-state index in [0.717, 1.165) is 18.8 Å². The first kappa shape index (κ1) is 20.6. The number of amides is 1. The van der Waals surface area contributed by atoms with Gasteiger partial charge in [-0.2, -0.15) is 0 Å². The van der Waals surface area contributed by atoms with E-state index in [9.17, 15) is 4.79 Å². The van der Waals surface area contributed by atoms with E-state index in [4.69, 9.17) is 10.5 Å². The summed E-state index contributed by atoms with van der Waals surface area (Å²) in [5.41, 5.74) is 9.48. The van der Waals surface area contributed by atoms with Crippen LogP contribution in [0.1, 0.15) is 40.2 Å². The first-order valence-electron chi connectivity index (χ1n) is 9.42. The van der Waals surface area contributed by atoms with E-state index < -0.39 is 0 Å². The number of nitrogens with two attached hydrogens (primary N) is 1. The van der Waals surface area contributed by atoms with E-state index >= 15 is 0 Å². The summed E-state index contributed by atoms with van der Waals surface area (Å²) in [4.78, 5) is 14.5. The average molecular weight is 370 g/mol. The zero-order chi connectivity index (χ0) is 20.0. The monoisotopic (exact) mass is 369 g/mol. The lowest BCUT2D eigenvalue weighted by Crippen LogP contribution is -2.26. The Morgan fingerprint density at radius 2 is 1.70 bits per heavy atom. The number of hydrogen-bond acceptors (Lipinski definition) is 4. The van der Waals surface area contributed by atoms with Crippen LogP contribution in [0.25, 0.3) is 0 Å². The van der Waals surface area contributed by atoms with Crippen LogP contribution in [-0.2, 0) is 10.2 Å². The Morgan fingerprint density at radius 3 is 2.26 bits per heavy atom. The van der Waals surface area contributed by atoms with Gasteiger partial charge in [-0.05, 0) is 55.2 Å². The van der Waals surface area contributed by atoms with Crippen LogP contribution in [0.3, 0.4) is 0 Å². The van der Waals surface area contributed by atoms with Gasteiger partial charge in [0.25, 0.3) is 5.91 Å². The average Bonchev–Trinajstić information content (AvgIpc) is 2.62. The van der Waals surface area contributed by atoms with Crippen LogP contribution in [0.2, 0.25) is 0 Å². The molecule has 5 nitrogen and oxygen atoms in total. The molecule has 0 aliphatic rings. The molecule has 0 aliphatic heterocycles. The number of carbonyl (C=O) groups is 1. The first-order chi connectivity index (χ1) is 12.7. The highest BCUT2D eigenvalue weighted by molar-refractivity contribution is 5.96. The van der Waals surface area contributed by atoms with Crippen molar-refractivity contribution in [3.8, 4) is 5.75 Å². The van der Waals surface area contributed by atoms with Crippen LogP contribution in [0.5, 0.6) is 5.75 Å². The van der Waals surface area contributed by atoms with Crippen molar-refractivity contribution in [1.29, 1.82) is 0 Å². The van der Waals surface area contributed by atoms with E-state index in [1.54, 1.807) is 6.07 Å². The molecule has 3 N–H and O–H groups in total. The zero-order valence-corrected chi connectivity index (χ0v) is 17.0. The number of nitrogens with one attached hydrogen (secondary N) is 1. The van der Waals surface area contributed by atoms with Crippen LogP contribution in [0.4, 0.5) is 17.1 Å². The van der Waals surface area contributed by atoms with E-state index in [2.05, 4.69) is 44.8 Å². The minimum atomic E-state index is -0.214. The van der Waals surface area contributed by atoms with E-state index in [1.807, 2.05) is 36.4 Å². The first-order valence-corrected chi connectivity index (χ1v) is 9.42. The van der Waals surface area contributed by atoms with E-state index in [-0.39, 0.29) is 17.9 Å². The van der Waals surface area contributed by atoms with Gasteiger partial charge < -0.3 is 20.7 Å². The maximum atomic E-state index is 12.4. The highest BCUT2D eigenvalue weighted by atomic mass is 16.5. The highest BCUT2D eigenvalue weighted by Crippen LogP contribution is 2.28. The number of ether oxygens (including phenoxy) is 1. The molecule has 0 atom stereocenters. The van der Waals surface area contributed by atoms with Gasteiger partial charge in [0.1, 0.15) is 5.75 Å². The Bertz CT molecular complexity index is 760. The van der Waals surface area contributed by atoms with Gasteiger partial charge in [-0.15, -0.1) is 0 Å². The fourth-order valence-corrected chi connectivity index (χ4v) is 2.88. The smallest absolute Gasteiger partial charge is 0.262 e. The summed E-state index contributed by atoms with van der Waals surface area (Å²) < 4.78 is 5.63. The molecule has 0 aliphatic carbocycles. The van der Waals surface area contributed by atoms with Crippen LogP contribution >= 0.6 is 0 Å². The topological polar surface area (TPSA) is 67.6 Å². The molecule has 2 aromatic carbocycles. The van der Waals surface area contributed by atoms with Crippen molar-refractivity contribution in [2.24, 2.45) is 0 Å². The Labute approximate surface area is 162 Å². The molecule has 0 fully saturated rings. The van der Waals surface area contributed by atoms with Crippen molar-refractivity contribution in [3.63, 3.8) is 0 Å². The lowest BCUT2D eigenvalue weighted by molar-refractivity contribution is -0.118. The number of hydrogen-bond donors (Lipinski definition) is 2. The van der Waals surface area contributed by atoms with Crippen molar-refractivity contribution in [2.75, 3.05) is 35.6 Å². The van der Waals surface area contributed by atoms with Gasteiger partial charge in [0.2, 0.25) is 0 Å². The second-order valence-electron chi connectivity index (χ2n) is 7.56. The van der Waals surface area contributed by atoms with Crippen molar-refractivity contribution >= 4 is 23.0 Å². The maximum absolute atomic E-state index is 12.4. The normalized spacial score (nSPS) is 11.1. The fourth-order valence-electron chi connectivity index (χ4n) is 2.88. The van der Waals surface area contributed by atoms with Gasteiger partial charge in [0, 0.05) is 18.8 Å². The minimum Gasteiger partial charge on any atom is -0.484 e. The Hall–Kier alpha value is -2.69. The Morgan fingerprint density at radius 1 is 1.07 bits per heavy atom. The van der Waals surface area contributed by atoms with Gasteiger partial charge in [-0.25, -0.2) is 0 Å². The molecular weight excluding hydrogens is 338 g/mol. The molecule has 0 saturated heterocycles. The highest BCUT2D eigenvalue weighted by Gasteiger charge is 2.14. The third kappa shape index (κ3) is 5.64. The molecule has 2 rings (SSSR count). The molecule has 146 valence electrons. The predicted octanol–water partition coefficient (Wildman–Crippen LogP) is 4.43. The molecule has 0 unspecified atom stereocenters. The molecule has 27 heavy (non-hydrogen) atoms. The van der Waals surface area contributed by atoms with Gasteiger partial charge in [-0.1, -0.05) is 32.9 Å². The minimum absolute atomic E-state index is 0.0542. The third-order valence-electron chi connectivity index (χ3n) is 4.49. The number of rotatable bonds is 7. The molecular formula is C22H31N3O2. The molecule has 1 amide bonds. The molecule has 0 spiro atoms. The van der Waals surface area contributed by atoms with Crippen molar-refractivity contribution in [3.05, 3.63) is 48.0 Å². The summed E-state index contributed by atoms with van der Waals surface area (Å²) in [7, 11) is 0. The van der Waals surface area contributed by atoms with Gasteiger partial charge in [-0.3, -0.25) is 4.79 Å². The summed E-state index contributed by atoms with van der Waals surface area (Å²) >= 11 is 0. The van der Waals surface area contributed by atoms with E-state index in [1.165, 1.54) is 5.56 Å². The van der Waals surface area contributed by atoms with Crippen molar-refractivity contribution in [2.45, 2.75) is 40.0 Å². The predicted molar refractivity (Wildman–Crippen MR) is 114 cm³/mol. The lowest BCUT2D eigenvalue weighted by Gasteiger charge is -2.24. The van der Waals surface area contributed by atoms with Crippen LogP contribution in [-0.4, -0.2) is 25.6 Å². The molecule has 0 bridgehead atoms. The molecule has 0 aromatic heterocycles. The maximum Gasteiger partial charge on any atom is 0.262 e. The number of carbonyl (C=O) groups excluding carboxylic acids is 1. The number of nitrogens with zero attached hydrogens (tertiary/aromatic N) is 1. The summed E-state index contributed by atoms with van der Waals surface area (Å²) in [6.07, 6.45) is 0. The molecule has 2 aromatic rings. The molecule has 0 radical (unpaired) electrons. The molecule has 0 saturated carbocycles. The molecule has 5 heteroatoms. The van der Waals surface area contributed by atoms with E-state index in [0.29, 0.717) is 17.1 Å². The quantitative estimate of drug-likeness (QED) is 0.709. The Balaban J connectivity index is 2.03. The van der Waals surface area contributed by atoms with Crippen molar-refractivity contribution < 1.29 is 9.53 Å². The second-order valence-corrected chi connectivity index (χ2v) is 7.56. The van der Waals surface area contributed by atoms with Crippen molar-refractivity contribution in [1.82, 2.24) is 0 Å². The fraction of sp³-hybridized carbons (Fsp3) is 0.409. The summed E-state index contributed by atoms with van der Waals surface area (Å²) in [5, 5.41) is 2.92. The molecule has 0 heterocycles. The number of nitrogen functional groups attached to an aromatic ring is 1. The number of anilines is 3. The standard InChI is InChI=1S/C22H31N3O2/c1-6-25(7-2)20-13-10-17(23)14-19(20)24-21(26)15-27-18-11-8-16(9-12-18)22(3,4)5/h8-14H,6-7,15,23H2,1-5H3,(H,24,26). The summed E-state index contributed by atoms with van der Waals surface area (Å²) in [5.74, 6) is 0.462. The summed E-state index contributed by atoms with van der Waals surface area (Å²) in [6.45, 7) is 12.3. The zero-order valence-electron chi connectivity index (χ0n) is 17.0. The van der Waals surface area contributed by atoms with Crippen LogP contribution in [0, 0.1) is 0 Å². The van der Waals surface area contributed by atoms with Gasteiger partial charge in [0.15, 0.2) is 6.61 Å². The van der Waals surface area contributed by atoms with Gasteiger partial charge in [0.05, 0.1) is 11.4 Å². The number of benzene rings is 2. The lowest BCUT2D eigenvalue weighted by atomic mass is 9.87. The third-order valence-corrected chi connectivity index (χ3v) is 4.49. The van der Waals surface area contributed by atoms with Gasteiger partial charge >= 0.3 is 0 Å². The SMILES string of the molecule is CCN(CC)c1ccc(N)cc1NC(=O)COc1ccc(C(C)(C)C)cc1. The second kappa shape index (κ2) is 8.80. The van der Waals surface area contributed by atoms with Crippen LogP contribution < -0.4 is 20.7 Å². The Kier molecular flexibility index (Phi) is 6.72. The largest absolute Gasteiger partial charge is 0.484 e. The summed E-state index contributed by atoms with van der Waals surface area (Å²) in [6, 6.07) is 13.4. The van der Waals surface area contributed by atoms with Crippen LogP contribution in [0.15, 0.2) is 42.5 Å².